The largest absolute Gasteiger partial charge is 0.0620 e. The van der Waals surface area contributed by atoms with Gasteiger partial charge in [0, 0.05) is 0 Å². The van der Waals surface area contributed by atoms with Crippen molar-refractivity contribution in [3.8, 4) is 33.4 Å². The zero-order chi connectivity index (χ0) is 18.0. The third-order valence-electron chi connectivity index (χ3n) is 5.95. The van der Waals surface area contributed by atoms with Gasteiger partial charge in [-0.05, 0) is 67.4 Å². The van der Waals surface area contributed by atoms with Crippen LogP contribution in [-0.4, -0.2) is 0 Å². The summed E-state index contributed by atoms with van der Waals surface area (Å²) in [5, 5.41) is 5.43. The third kappa shape index (κ3) is 1.88. The standard InChI is InChI=1S/C27H18/c1-17-9-2-3-10-18(17)25-21-13-6-4-11-19(21)22-15-8-16-23-20-12-5-7-14-24(20)27(25)26(22)23/h2-16H,1H3. The molecule has 5 aromatic carbocycles. The first kappa shape index (κ1) is 14.8. The van der Waals surface area contributed by atoms with Crippen molar-refractivity contribution in [1.29, 1.82) is 0 Å². The van der Waals surface area contributed by atoms with Gasteiger partial charge in [0.1, 0.15) is 0 Å². The van der Waals surface area contributed by atoms with E-state index < -0.39 is 0 Å². The number of hydrogen-bond acceptors (Lipinski definition) is 0. The molecule has 0 amide bonds. The summed E-state index contributed by atoms with van der Waals surface area (Å²) in [5.41, 5.74) is 9.48. The molecule has 27 heavy (non-hydrogen) atoms. The maximum Gasteiger partial charge on any atom is -0.000776 e. The molecule has 0 fully saturated rings. The smallest absolute Gasteiger partial charge is 0.000776 e. The molecule has 0 spiro atoms. The normalized spacial score (nSPS) is 11.9. The molecular weight excluding hydrogens is 324 g/mol. The predicted octanol–water partition coefficient (Wildman–Crippen LogP) is 7.62. The molecule has 0 N–H and O–H groups in total. The van der Waals surface area contributed by atoms with Crippen LogP contribution >= 0.6 is 0 Å². The van der Waals surface area contributed by atoms with Crippen LogP contribution in [0.25, 0.3) is 54.9 Å². The summed E-state index contributed by atoms with van der Waals surface area (Å²) in [6, 6.07) is 33.2. The van der Waals surface area contributed by atoms with Gasteiger partial charge in [0.2, 0.25) is 0 Å². The maximum absolute atomic E-state index is 2.28. The molecule has 6 rings (SSSR count). The highest BCUT2D eigenvalue weighted by atomic mass is 14.3. The molecule has 0 heterocycles. The first-order valence-corrected chi connectivity index (χ1v) is 9.48. The van der Waals surface area contributed by atoms with Crippen molar-refractivity contribution in [3.63, 3.8) is 0 Å². The van der Waals surface area contributed by atoms with Crippen LogP contribution in [0.2, 0.25) is 0 Å². The van der Waals surface area contributed by atoms with Crippen LogP contribution in [0.15, 0.2) is 91.0 Å². The van der Waals surface area contributed by atoms with Crippen molar-refractivity contribution in [2.45, 2.75) is 6.92 Å². The van der Waals surface area contributed by atoms with Crippen LogP contribution in [0.1, 0.15) is 5.56 Å². The lowest BCUT2D eigenvalue weighted by molar-refractivity contribution is 1.47. The molecule has 0 aliphatic heterocycles. The van der Waals surface area contributed by atoms with Crippen LogP contribution in [0.5, 0.6) is 0 Å². The molecule has 0 saturated carbocycles. The number of rotatable bonds is 1. The lowest BCUT2D eigenvalue weighted by Gasteiger charge is -2.17. The minimum atomic E-state index is 1.32. The van der Waals surface area contributed by atoms with Crippen LogP contribution in [0.3, 0.4) is 0 Å². The molecule has 0 bridgehead atoms. The summed E-state index contributed by atoms with van der Waals surface area (Å²) in [6.45, 7) is 2.22. The zero-order valence-electron chi connectivity index (χ0n) is 15.2. The summed E-state index contributed by atoms with van der Waals surface area (Å²) in [4.78, 5) is 0. The van der Waals surface area contributed by atoms with Gasteiger partial charge in [-0.1, -0.05) is 91.0 Å². The third-order valence-corrected chi connectivity index (χ3v) is 5.95. The fourth-order valence-electron chi connectivity index (χ4n) is 4.80. The van der Waals surface area contributed by atoms with E-state index in [1.165, 1.54) is 60.5 Å². The van der Waals surface area contributed by atoms with Crippen LogP contribution in [0.4, 0.5) is 0 Å². The number of benzene rings is 5. The van der Waals surface area contributed by atoms with E-state index in [2.05, 4.69) is 97.9 Å². The summed E-state index contributed by atoms with van der Waals surface area (Å²) in [5.74, 6) is 0. The van der Waals surface area contributed by atoms with Crippen molar-refractivity contribution in [2.75, 3.05) is 0 Å². The molecular formula is C27H18. The quantitative estimate of drug-likeness (QED) is 0.270. The van der Waals surface area contributed by atoms with E-state index in [9.17, 15) is 0 Å². The summed E-state index contributed by atoms with van der Waals surface area (Å²) < 4.78 is 0. The second-order valence-corrected chi connectivity index (χ2v) is 7.38. The molecule has 0 atom stereocenters. The Hall–Kier alpha value is -3.38. The van der Waals surface area contributed by atoms with Gasteiger partial charge in [0.15, 0.2) is 0 Å². The van der Waals surface area contributed by atoms with Crippen LogP contribution in [0, 0.1) is 6.92 Å². The fraction of sp³-hybridized carbons (Fsp3) is 0.0370. The molecule has 0 aromatic heterocycles. The summed E-state index contributed by atoms with van der Waals surface area (Å²) in [6.07, 6.45) is 0. The molecule has 0 nitrogen and oxygen atoms in total. The number of hydrogen-bond donors (Lipinski definition) is 0. The minimum Gasteiger partial charge on any atom is -0.0620 e. The molecule has 5 aromatic rings. The van der Waals surface area contributed by atoms with Gasteiger partial charge in [-0.2, -0.15) is 0 Å². The Morgan fingerprint density at radius 3 is 1.81 bits per heavy atom. The average molecular weight is 342 g/mol. The molecule has 126 valence electrons. The van der Waals surface area contributed by atoms with E-state index >= 15 is 0 Å². The van der Waals surface area contributed by atoms with Gasteiger partial charge >= 0.3 is 0 Å². The Morgan fingerprint density at radius 1 is 0.407 bits per heavy atom. The van der Waals surface area contributed by atoms with E-state index in [0.717, 1.165) is 0 Å². The Morgan fingerprint density at radius 2 is 1.00 bits per heavy atom. The van der Waals surface area contributed by atoms with Crippen molar-refractivity contribution in [1.82, 2.24) is 0 Å². The summed E-state index contributed by atoms with van der Waals surface area (Å²) in [7, 11) is 0. The van der Waals surface area contributed by atoms with Gasteiger partial charge in [-0.15, -0.1) is 0 Å². The Balaban J connectivity index is 1.95. The van der Waals surface area contributed by atoms with Gasteiger partial charge in [0.05, 0.1) is 0 Å². The van der Waals surface area contributed by atoms with Gasteiger partial charge in [-0.3, -0.25) is 0 Å². The fourth-order valence-corrected chi connectivity index (χ4v) is 4.80. The topological polar surface area (TPSA) is 0 Å². The van der Waals surface area contributed by atoms with Crippen molar-refractivity contribution in [3.05, 3.63) is 96.6 Å². The molecule has 0 radical (unpaired) electrons. The second kappa shape index (κ2) is 5.31. The zero-order valence-corrected chi connectivity index (χ0v) is 15.2. The van der Waals surface area contributed by atoms with E-state index in [1.807, 2.05) is 0 Å². The van der Waals surface area contributed by atoms with E-state index in [-0.39, 0.29) is 0 Å². The van der Waals surface area contributed by atoms with Crippen molar-refractivity contribution >= 4 is 21.5 Å². The number of aryl methyl sites for hydroxylation is 1. The monoisotopic (exact) mass is 342 g/mol. The predicted molar refractivity (Wildman–Crippen MR) is 116 cm³/mol. The summed E-state index contributed by atoms with van der Waals surface area (Å²) >= 11 is 0. The first-order chi connectivity index (χ1) is 13.3. The van der Waals surface area contributed by atoms with Gasteiger partial charge < -0.3 is 0 Å². The molecule has 0 saturated heterocycles. The highest BCUT2D eigenvalue weighted by Crippen LogP contribution is 2.54. The molecule has 1 aliphatic rings. The van der Waals surface area contributed by atoms with Gasteiger partial charge in [-0.25, -0.2) is 0 Å². The van der Waals surface area contributed by atoms with Crippen LogP contribution in [-0.2, 0) is 0 Å². The Kier molecular flexibility index (Phi) is 2.90. The van der Waals surface area contributed by atoms with E-state index in [4.69, 9.17) is 0 Å². The second-order valence-electron chi connectivity index (χ2n) is 7.38. The van der Waals surface area contributed by atoms with E-state index in [1.54, 1.807) is 0 Å². The molecule has 0 unspecified atom stereocenters. The average Bonchev–Trinajstić information content (AvgIpc) is 3.05. The highest BCUT2D eigenvalue weighted by Gasteiger charge is 2.26. The maximum atomic E-state index is 2.28. The van der Waals surface area contributed by atoms with Crippen molar-refractivity contribution in [2.24, 2.45) is 0 Å². The van der Waals surface area contributed by atoms with E-state index in [0.29, 0.717) is 0 Å². The lowest BCUT2D eigenvalue weighted by Crippen LogP contribution is -1.90. The molecule has 1 aliphatic carbocycles. The van der Waals surface area contributed by atoms with Crippen molar-refractivity contribution < 1.29 is 0 Å². The first-order valence-electron chi connectivity index (χ1n) is 9.48. The molecule has 0 heteroatoms. The SMILES string of the molecule is Cc1ccccc1-c1c2c3c(cccc3c3ccccc13)-c1ccccc1-2. The minimum absolute atomic E-state index is 1.32. The lowest BCUT2D eigenvalue weighted by atomic mass is 9.86. The van der Waals surface area contributed by atoms with Gasteiger partial charge in [0.25, 0.3) is 0 Å². The Labute approximate surface area is 158 Å². The Bertz CT molecular complexity index is 1370. The highest BCUT2D eigenvalue weighted by molar-refractivity contribution is 6.29. The van der Waals surface area contributed by atoms with Crippen LogP contribution < -0.4 is 0 Å². The number of fused-ring (bicyclic) bond motifs is 5.